The Kier molecular flexibility index (Phi) is 2.02. The molecule has 0 aromatic heterocycles. The van der Waals surface area contributed by atoms with Gasteiger partial charge < -0.3 is 16.0 Å². The fraction of sp³-hybridized carbons (Fsp3) is 0.417. The summed E-state index contributed by atoms with van der Waals surface area (Å²) in [5.74, 6) is 0.0629. The van der Waals surface area contributed by atoms with Crippen molar-refractivity contribution >= 4 is 23.0 Å². The number of nitrogen functional groups attached to an aromatic ring is 1. The number of carbonyl (C=O) groups excluding carboxylic acids is 1. The minimum Gasteiger partial charge on any atom is -0.397 e. The molecule has 84 valence electrons. The van der Waals surface area contributed by atoms with Crippen LogP contribution in [0.25, 0.3) is 0 Å². The minimum atomic E-state index is 0.0629. The molecule has 2 heterocycles. The van der Waals surface area contributed by atoms with Crippen molar-refractivity contribution in [3.63, 3.8) is 0 Å². The highest BCUT2D eigenvalue weighted by molar-refractivity contribution is 6.00. The maximum absolute atomic E-state index is 11.3. The monoisotopic (exact) mass is 217 g/mol. The standard InChI is InChI=1S/C12H15N3O/c13-9-5-8-6-12(16)14-10(8)7-11(9)15-3-1-2-4-15/h5,7H,1-4,6,13H2,(H,14,16). The summed E-state index contributed by atoms with van der Waals surface area (Å²) in [4.78, 5) is 13.6. The van der Waals surface area contributed by atoms with E-state index in [0.717, 1.165) is 35.7 Å². The molecule has 1 fully saturated rings. The highest BCUT2D eigenvalue weighted by atomic mass is 16.1. The summed E-state index contributed by atoms with van der Waals surface area (Å²) in [6.07, 6.45) is 2.91. The van der Waals surface area contributed by atoms with Crippen molar-refractivity contribution in [3.05, 3.63) is 17.7 Å². The molecular weight excluding hydrogens is 202 g/mol. The second-order valence-corrected chi connectivity index (χ2v) is 4.49. The van der Waals surface area contributed by atoms with E-state index in [1.165, 1.54) is 12.8 Å². The van der Waals surface area contributed by atoms with Crippen LogP contribution in [0.4, 0.5) is 17.1 Å². The molecule has 0 bridgehead atoms. The molecule has 0 spiro atoms. The second kappa shape index (κ2) is 3.40. The van der Waals surface area contributed by atoms with Crippen molar-refractivity contribution in [1.29, 1.82) is 0 Å². The third kappa shape index (κ3) is 1.41. The van der Waals surface area contributed by atoms with E-state index in [4.69, 9.17) is 5.73 Å². The molecule has 1 saturated heterocycles. The van der Waals surface area contributed by atoms with Crippen LogP contribution in [0.5, 0.6) is 0 Å². The SMILES string of the molecule is Nc1cc2c(cc1N1CCCC1)NC(=O)C2. The number of amides is 1. The Hall–Kier alpha value is -1.71. The van der Waals surface area contributed by atoms with Crippen molar-refractivity contribution in [2.24, 2.45) is 0 Å². The largest absolute Gasteiger partial charge is 0.397 e. The van der Waals surface area contributed by atoms with E-state index in [0.29, 0.717) is 6.42 Å². The van der Waals surface area contributed by atoms with E-state index in [-0.39, 0.29) is 5.91 Å². The maximum atomic E-state index is 11.3. The van der Waals surface area contributed by atoms with E-state index >= 15 is 0 Å². The molecule has 1 aromatic carbocycles. The van der Waals surface area contributed by atoms with Gasteiger partial charge in [-0.1, -0.05) is 0 Å². The van der Waals surface area contributed by atoms with Gasteiger partial charge in [0.2, 0.25) is 5.91 Å². The summed E-state index contributed by atoms with van der Waals surface area (Å²) in [7, 11) is 0. The Morgan fingerprint density at radius 2 is 2.00 bits per heavy atom. The zero-order valence-corrected chi connectivity index (χ0v) is 9.12. The average Bonchev–Trinajstić information content (AvgIpc) is 2.83. The topological polar surface area (TPSA) is 58.4 Å². The predicted octanol–water partition coefficient (Wildman–Crippen LogP) is 1.36. The Balaban J connectivity index is 2.00. The van der Waals surface area contributed by atoms with Gasteiger partial charge in [0.05, 0.1) is 17.8 Å². The number of nitrogens with one attached hydrogen (secondary N) is 1. The van der Waals surface area contributed by atoms with Gasteiger partial charge in [-0.15, -0.1) is 0 Å². The zero-order valence-electron chi connectivity index (χ0n) is 9.12. The van der Waals surface area contributed by atoms with Crippen LogP contribution in [0.2, 0.25) is 0 Å². The molecule has 0 radical (unpaired) electrons. The molecule has 4 nitrogen and oxygen atoms in total. The van der Waals surface area contributed by atoms with Crippen molar-refractivity contribution in [3.8, 4) is 0 Å². The van der Waals surface area contributed by atoms with Gasteiger partial charge in [0.25, 0.3) is 0 Å². The predicted molar refractivity (Wildman–Crippen MR) is 64.6 cm³/mol. The Morgan fingerprint density at radius 1 is 1.25 bits per heavy atom. The molecule has 0 unspecified atom stereocenters. The summed E-state index contributed by atoms with van der Waals surface area (Å²) in [6, 6.07) is 3.95. The summed E-state index contributed by atoms with van der Waals surface area (Å²) >= 11 is 0. The number of nitrogens with zero attached hydrogens (tertiary/aromatic N) is 1. The smallest absolute Gasteiger partial charge is 0.228 e. The van der Waals surface area contributed by atoms with Crippen LogP contribution >= 0.6 is 0 Å². The van der Waals surface area contributed by atoms with Crippen molar-refractivity contribution in [1.82, 2.24) is 0 Å². The quantitative estimate of drug-likeness (QED) is 0.698. The zero-order chi connectivity index (χ0) is 11.1. The first-order chi connectivity index (χ1) is 7.74. The van der Waals surface area contributed by atoms with Gasteiger partial charge in [0, 0.05) is 18.8 Å². The van der Waals surface area contributed by atoms with E-state index in [1.807, 2.05) is 12.1 Å². The summed E-state index contributed by atoms with van der Waals surface area (Å²) in [5.41, 5.74) is 9.85. The average molecular weight is 217 g/mol. The summed E-state index contributed by atoms with van der Waals surface area (Å²) in [5, 5.41) is 2.87. The van der Waals surface area contributed by atoms with Gasteiger partial charge in [-0.3, -0.25) is 4.79 Å². The first-order valence-corrected chi connectivity index (χ1v) is 5.71. The number of nitrogens with two attached hydrogens (primary N) is 1. The van der Waals surface area contributed by atoms with Gasteiger partial charge in [0.15, 0.2) is 0 Å². The lowest BCUT2D eigenvalue weighted by Gasteiger charge is -2.20. The molecule has 0 saturated carbocycles. The van der Waals surface area contributed by atoms with Crippen molar-refractivity contribution < 1.29 is 4.79 Å². The van der Waals surface area contributed by atoms with E-state index in [9.17, 15) is 4.79 Å². The Morgan fingerprint density at radius 3 is 2.75 bits per heavy atom. The van der Waals surface area contributed by atoms with Crippen molar-refractivity contribution in [2.75, 3.05) is 29.0 Å². The molecule has 2 aliphatic heterocycles. The Labute approximate surface area is 94.4 Å². The molecule has 3 N–H and O–H groups in total. The van der Waals surface area contributed by atoms with Crippen LogP contribution < -0.4 is 16.0 Å². The van der Waals surface area contributed by atoms with Crippen LogP contribution in [0.1, 0.15) is 18.4 Å². The normalized spacial score (nSPS) is 18.8. The van der Waals surface area contributed by atoms with Gasteiger partial charge in [0.1, 0.15) is 0 Å². The lowest BCUT2D eigenvalue weighted by atomic mass is 10.1. The molecule has 0 aliphatic carbocycles. The van der Waals surface area contributed by atoms with Gasteiger partial charge in [-0.25, -0.2) is 0 Å². The van der Waals surface area contributed by atoms with Crippen LogP contribution in [0.15, 0.2) is 12.1 Å². The number of anilines is 3. The summed E-state index contributed by atoms with van der Waals surface area (Å²) in [6.45, 7) is 2.13. The van der Waals surface area contributed by atoms with Gasteiger partial charge in [-0.05, 0) is 30.5 Å². The molecule has 1 amide bonds. The van der Waals surface area contributed by atoms with Crippen LogP contribution in [-0.4, -0.2) is 19.0 Å². The second-order valence-electron chi connectivity index (χ2n) is 4.49. The number of fused-ring (bicyclic) bond motifs is 1. The first kappa shape index (κ1) is 9.51. The van der Waals surface area contributed by atoms with Gasteiger partial charge >= 0.3 is 0 Å². The molecule has 1 aromatic rings. The molecule has 3 rings (SSSR count). The summed E-state index contributed by atoms with van der Waals surface area (Å²) < 4.78 is 0. The number of hydrogen-bond donors (Lipinski definition) is 2. The minimum absolute atomic E-state index is 0.0629. The van der Waals surface area contributed by atoms with E-state index < -0.39 is 0 Å². The fourth-order valence-corrected chi connectivity index (χ4v) is 2.51. The number of hydrogen-bond acceptors (Lipinski definition) is 3. The van der Waals surface area contributed by atoms with E-state index in [2.05, 4.69) is 10.2 Å². The fourth-order valence-electron chi connectivity index (χ4n) is 2.51. The van der Waals surface area contributed by atoms with Crippen LogP contribution in [0.3, 0.4) is 0 Å². The van der Waals surface area contributed by atoms with Crippen molar-refractivity contribution in [2.45, 2.75) is 19.3 Å². The highest BCUT2D eigenvalue weighted by Gasteiger charge is 2.22. The molecule has 0 atom stereocenters. The lowest BCUT2D eigenvalue weighted by Crippen LogP contribution is -2.19. The van der Waals surface area contributed by atoms with Gasteiger partial charge in [-0.2, -0.15) is 0 Å². The number of benzene rings is 1. The molecule has 2 aliphatic rings. The number of rotatable bonds is 1. The maximum Gasteiger partial charge on any atom is 0.228 e. The highest BCUT2D eigenvalue weighted by Crippen LogP contribution is 2.34. The first-order valence-electron chi connectivity index (χ1n) is 5.71. The lowest BCUT2D eigenvalue weighted by molar-refractivity contribution is -0.115. The molecular formula is C12H15N3O. The third-order valence-corrected chi connectivity index (χ3v) is 3.32. The van der Waals surface area contributed by atoms with Crippen LogP contribution in [-0.2, 0) is 11.2 Å². The third-order valence-electron chi connectivity index (χ3n) is 3.32. The van der Waals surface area contributed by atoms with Crippen LogP contribution in [0, 0.1) is 0 Å². The molecule has 16 heavy (non-hydrogen) atoms. The Bertz CT molecular complexity index is 450. The number of carbonyl (C=O) groups is 1. The van der Waals surface area contributed by atoms with E-state index in [1.54, 1.807) is 0 Å². The molecule has 4 heteroatoms.